The Bertz CT molecular complexity index is 525. The molecule has 0 fully saturated rings. The average molecular weight is 294 g/mol. The van der Waals surface area contributed by atoms with Crippen LogP contribution in [0.15, 0.2) is 24.3 Å². The van der Waals surface area contributed by atoms with Gasteiger partial charge in [0, 0.05) is 0 Å². The summed E-state index contributed by atoms with van der Waals surface area (Å²) < 4.78 is 5.09. The summed E-state index contributed by atoms with van der Waals surface area (Å²) in [6.07, 6.45) is -1.14. The summed E-state index contributed by atoms with van der Waals surface area (Å²) in [4.78, 5) is 34.2. The van der Waals surface area contributed by atoms with E-state index in [1.54, 1.807) is 26.0 Å². The van der Waals surface area contributed by atoms with E-state index >= 15 is 0 Å². The predicted molar refractivity (Wildman–Crippen MR) is 74.3 cm³/mol. The van der Waals surface area contributed by atoms with Crippen LogP contribution in [0.2, 0.25) is 0 Å². The number of esters is 1. The fourth-order valence-electron chi connectivity index (χ4n) is 1.65. The van der Waals surface area contributed by atoms with E-state index in [1.807, 2.05) is 5.32 Å². The first-order valence-electron chi connectivity index (χ1n) is 6.37. The van der Waals surface area contributed by atoms with Crippen LogP contribution in [0.5, 0.6) is 5.75 Å². The highest BCUT2D eigenvalue weighted by atomic mass is 16.5. The van der Waals surface area contributed by atoms with Crippen molar-refractivity contribution < 1.29 is 24.2 Å². The number of nitrogens with two attached hydrogens (primary N) is 1. The van der Waals surface area contributed by atoms with Gasteiger partial charge in [0.25, 0.3) is 5.91 Å². The Kier molecular flexibility index (Phi) is 5.71. The highest BCUT2D eigenvalue weighted by Crippen LogP contribution is 2.12. The first-order chi connectivity index (χ1) is 9.79. The van der Waals surface area contributed by atoms with Crippen LogP contribution >= 0.6 is 0 Å². The maximum Gasteiger partial charge on any atom is 0.318 e. The number of rotatable bonds is 5. The lowest BCUT2D eigenvalue weighted by Crippen LogP contribution is -2.45. The number of carbonyl (C=O) groups is 3. The number of aromatic hydroxyl groups is 1. The third kappa shape index (κ3) is 5.52. The van der Waals surface area contributed by atoms with Gasteiger partial charge in [-0.2, -0.15) is 0 Å². The van der Waals surface area contributed by atoms with Crippen molar-refractivity contribution in [2.24, 2.45) is 11.7 Å². The van der Waals surface area contributed by atoms with Crippen molar-refractivity contribution in [3.8, 4) is 5.75 Å². The van der Waals surface area contributed by atoms with Crippen LogP contribution in [0.3, 0.4) is 0 Å². The lowest BCUT2D eigenvalue weighted by Gasteiger charge is -2.19. The van der Waals surface area contributed by atoms with Gasteiger partial charge in [-0.25, -0.2) is 4.79 Å². The number of ether oxygens (including phenoxy) is 1. The van der Waals surface area contributed by atoms with E-state index in [0.29, 0.717) is 5.56 Å². The molecule has 0 aliphatic carbocycles. The first-order valence-corrected chi connectivity index (χ1v) is 6.37. The molecule has 4 N–H and O–H groups in total. The minimum Gasteiger partial charge on any atom is -0.508 e. The van der Waals surface area contributed by atoms with Crippen molar-refractivity contribution >= 4 is 17.9 Å². The number of primary amides is 1. The van der Waals surface area contributed by atoms with Crippen molar-refractivity contribution in [2.45, 2.75) is 26.4 Å². The van der Waals surface area contributed by atoms with E-state index in [4.69, 9.17) is 15.6 Å². The molecule has 1 atom stereocenters. The maximum absolute atomic E-state index is 11.8. The number of phenols is 1. The zero-order chi connectivity index (χ0) is 16.0. The van der Waals surface area contributed by atoms with Gasteiger partial charge in [-0.15, -0.1) is 0 Å². The molecule has 0 aliphatic heterocycles. The summed E-state index contributed by atoms with van der Waals surface area (Å²) in [5.74, 6) is -1.59. The summed E-state index contributed by atoms with van der Waals surface area (Å²) in [6.45, 7) is 3.36. The van der Waals surface area contributed by atoms with Crippen molar-refractivity contribution in [3.05, 3.63) is 29.8 Å². The van der Waals surface area contributed by atoms with Crippen LogP contribution < -0.4 is 11.1 Å². The molecule has 1 aromatic rings. The number of nitrogens with one attached hydrogen (secondary N) is 1. The van der Waals surface area contributed by atoms with Crippen LogP contribution in [0.1, 0.15) is 19.4 Å². The first kappa shape index (κ1) is 16.5. The average Bonchev–Trinajstić information content (AvgIpc) is 2.37. The minimum absolute atomic E-state index is 0.0483. The maximum atomic E-state index is 11.8. The summed E-state index contributed by atoms with van der Waals surface area (Å²) in [6, 6.07) is 5.04. The third-order valence-corrected chi connectivity index (χ3v) is 2.65. The van der Waals surface area contributed by atoms with Gasteiger partial charge >= 0.3 is 12.0 Å². The number of hydrogen-bond acceptors (Lipinski definition) is 5. The van der Waals surface area contributed by atoms with Gasteiger partial charge in [0.1, 0.15) is 5.75 Å². The quantitative estimate of drug-likeness (QED) is 0.691. The molecule has 3 amide bonds. The van der Waals surface area contributed by atoms with Crippen molar-refractivity contribution in [3.63, 3.8) is 0 Å². The van der Waals surface area contributed by atoms with Crippen LogP contribution in [0.25, 0.3) is 0 Å². The molecule has 0 saturated carbocycles. The van der Waals surface area contributed by atoms with Crippen LogP contribution in [-0.4, -0.2) is 29.1 Å². The van der Waals surface area contributed by atoms with Gasteiger partial charge in [-0.3, -0.25) is 14.9 Å². The Labute approximate surface area is 122 Å². The second-order valence-corrected chi connectivity index (χ2v) is 4.85. The zero-order valence-electron chi connectivity index (χ0n) is 11.8. The largest absolute Gasteiger partial charge is 0.508 e. The number of hydrogen-bond donors (Lipinski definition) is 3. The van der Waals surface area contributed by atoms with Gasteiger partial charge in [0.15, 0.2) is 6.10 Å². The van der Waals surface area contributed by atoms with Crippen molar-refractivity contribution in [1.29, 1.82) is 0 Å². The molecule has 21 heavy (non-hydrogen) atoms. The molecule has 7 nitrogen and oxygen atoms in total. The molecule has 0 unspecified atom stereocenters. The number of carbonyl (C=O) groups excluding carboxylic acids is 3. The minimum atomic E-state index is -1.10. The number of phenolic OH excluding ortho intramolecular Hbond substituents is 1. The lowest BCUT2D eigenvalue weighted by atomic mass is 10.1. The Morgan fingerprint density at radius 1 is 1.24 bits per heavy atom. The molecule has 0 spiro atoms. The zero-order valence-corrected chi connectivity index (χ0v) is 11.8. The number of benzene rings is 1. The lowest BCUT2D eigenvalue weighted by molar-refractivity contribution is -0.157. The van der Waals surface area contributed by atoms with Gasteiger partial charge in [0.05, 0.1) is 6.42 Å². The number of amides is 3. The fraction of sp³-hybridized carbons (Fsp3) is 0.357. The summed E-state index contributed by atoms with van der Waals surface area (Å²) in [5, 5.41) is 11.0. The standard InChI is InChI=1S/C14H18N2O5/c1-8(2)12(13(19)16-14(15)20)21-11(18)7-9-3-5-10(17)6-4-9/h3-6,8,12,17H,7H2,1-2H3,(H3,15,16,19,20)/t12-/m0/s1. The van der Waals surface area contributed by atoms with E-state index in [9.17, 15) is 14.4 Å². The normalized spacial score (nSPS) is 11.8. The van der Waals surface area contributed by atoms with Crippen molar-refractivity contribution in [2.75, 3.05) is 0 Å². The van der Waals surface area contributed by atoms with E-state index in [0.717, 1.165) is 0 Å². The Morgan fingerprint density at radius 2 is 1.81 bits per heavy atom. The summed E-state index contributed by atoms with van der Waals surface area (Å²) in [7, 11) is 0. The molecule has 0 heterocycles. The van der Waals surface area contributed by atoms with E-state index in [-0.39, 0.29) is 18.1 Å². The second kappa shape index (κ2) is 7.28. The predicted octanol–water partition coefficient (Wildman–Crippen LogP) is 0.697. The van der Waals surface area contributed by atoms with E-state index in [2.05, 4.69) is 0 Å². The molecule has 1 rings (SSSR count). The molecule has 0 aliphatic rings. The van der Waals surface area contributed by atoms with Gasteiger partial charge in [0.2, 0.25) is 0 Å². The molecule has 0 radical (unpaired) electrons. The van der Waals surface area contributed by atoms with Gasteiger partial charge < -0.3 is 15.6 Å². The van der Waals surface area contributed by atoms with Crippen LogP contribution in [0, 0.1) is 5.92 Å². The summed E-state index contributed by atoms with van der Waals surface area (Å²) >= 11 is 0. The molecular weight excluding hydrogens is 276 g/mol. The van der Waals surface area contributed by atoms with Gasteiger partial charge in [-0.05, 0) is 23.6 Å². The molecule has 7 heteroatoms. The number of imide groups is 1. The second-order valence-electron chi connectivity index (χ2n) is 4.85. The molecule has 0 saturated heterocycles. The number of urea groups is 1. The Hall–Kier alpha value is -2.57. The molecular formula is C14H18N2O5. The SMILES string of the molecule is CC(C)[C@H](OC(=O)Cc1ccc(O)cc1)C(=O)NC(N)=O. The van der Waals surface area contributed by atoms with Crippen LogP contribution in [-0.2, 0) is 20.7 Å². The topological polar surface area (TPSA) is 119 Å². The summed E-state index contributed by atoms with van der Waals surface area (Å²) in [5.41, 5.74) is 5.50. The van der Waals surface area contributed by atoms with E-state index in [1.165, 1.54) is 12.1 Å². The smallest absolute Gasteiger partial charge is 0.318 e. The Morgan fingerprint density at radius 3 is 2.29 bits per heavy atom. The fourth-order valence-corrected chi connectivity index (χ4v) is 1.65. The molecule has 0 aromatic heterocycles. The van der Waals surface area contributed by atoms with E-state index < -0.39 is 24.0 Å². The Balaban J connectivity index is 2.66. The highest BCUT2D eigenvalue weighted by Gasteiger charge is 2.27. The molecule has 0 bridgehead atoms. The van der Waals surface area contributed by atoms with Crippen molar-refractivity contribution in [1.82, 2.24) is 5.32 Å². The highest BCUT2D eigenvalue weighted by molar-refractivity contribution is 5.96. The van der Waals surface area contributed by atoms with Crippen LogP contribution in [0.4, 0.5) is 4.79 Å². The van der Waals surface area contributed by atoms with Gasteiger partial charge in [-0.1, -0.05) is 26.0 Å². The molecule has 114 valence electrons. The monoisotopic (exact) mass is 294 g/mol. The third-order valence-electron chi connectivity index (χ3n) is 2.65. The molecule has 1 aromatic carbocycles.